The number of nitrogens with zero attached hydrogens (tertiary/aromatic N) is 2. The van der Waals surface area contributed by atoms with Gasteiger partial charge in [-0.1, -0.05) is 24.4 Å². The van der Waals surface area contributed by atoms with Gasteiger partial charge in [-0.25, -0.2) is 13.4 Å². The summed E-state index contributed by atoms with van der Waals surface area (Å²) in [5.41, 5.74) is 0.278. The summed E-state index contributed by atoms with van der Waals surface area (Å²) >= 11 is 5.76. The molecular weight excluding hydrogens is 312 g/mol. The molecule has 0 N–H and O–H groups in total. The topological polar surface area (TPSA) is 67.3 Å². The monoisotopic (exact) mass is 330 g/mol. The van der Waals surface area contributed by atoms with E-state index < -0.39 is 15.1 Å². The van der Waals surface area contributed by atoms with Crippen molar-refractivity contribution in [1.29, 1.82) is 0 Å². The maximum Gasteiger partial charge on any atom is 0.272 e. The number of carbonyl (C=O) groups excluding carboxylic acids is 1. The summed E-state index contributed by atoms with van der Waals surface area (Å²) in [7, 11) is -1.53. The molecule has 1 amide bonds. The third-order valence-corrected chi connectivity index (χ3v) is 5.86. The van der Waals surface area contributed by atoms with E-state index in [9.17, 15) is 13.2 Å². The lowest BCUT2D eigenvalue weighted by molar-refractivity contribution is 0.0694. The molecule has 0 bridgehead atoms. The minimum absolute atomic E-state index is 0.271. The van der Waals surface area contributed by atoms with E-state index >= 15 is 0 Å². The first-order valence-electron chi connectivity index (χ1n) is 6.88. The number of rotatable bonds is 3. The molecule has 2 atom stereocenters. The highest BCUT2D eigenvalue weighted by Gasteiger charge is 2.37. The van der Waals surface area contributed by atoms with Gasteiger partial charge >= 0.3 is 0 Å². The van der Waals surface area contributed by atoms with Crippen LogP contribution in [-0.2, 0) is 9.84 Å². The Bertz CT molecular complexity index is 616. The Morgan fingerprint density at radius 2 is 2.00 bits per heavy atom. The quantitative estimate of drug-likeness (QED) is 0.851. The Hall–Kier alpha value is -1.14. The molecule has 0 aromatic carbocycles. The highest BCUT2D eigenvalue weighted by atomic mass is 35.5. The normalized spacial score (nSPS) is 22.8. The number of hydrogen-bond donors (Lipinski definition) is 0. The maximum absolute atomic E-state index is 12.5. The SMILES string of the molecule is CN(C(=O)c1ccc(Cl)cn1)[C@@H]1CCCC[C@H]1S(C)(=O)=O. The second kappa shape index (κ2) is 6.32. The van der Waals surface area contributed by atoms with Crippen LogP contribution in [0.1, 0.15) is 36.2 Å². The molecule has 1 fully saturated rings. The standard InChI is InChI=1S/C14H19ClN2O3S/c1-17(14(18)11-8-7-10(15)9-16-11)12-5-3-4-6-13(12)21(2,19)20/h7-9,12-13H,3-6H2,1-2H3/t12-,13-/m1/s1. The van der Waals surface area contributed by atoms with Crippen molar-refractivity contribution in [2.75, 3.05) is 13.3 Å². The van der Waals surface area contributed by atoms with Crippen molar-refractivity contribution in [1.82, 2.24) is 9.88 Å². The highest BCUT2D eigenvalue weighted by Crippen LogP contribution is 2.28. The van der Waals surface area contributed by atoms with Crippen LogP contribution in [0, 0.1) is 0 Å². The molecule has 5 nitrogen and oxygen atoms in total. The van der Waals surface area contributed by atoms with Gasteiger partial charge in [0.25, 0.3) is 5.91 Å². The largest absolute Gasteiger partial charge is 0.336 e. The lowest BCUT2D eigenvalue weighted by Gasteiger charge is -2.36. The molecule has 1 aromatic heterocycles. The van der Waals surface area contributed by atoms with Crippen molar-refractivity contribution in [3.8, 4) is 0 Å². The highest BCUT2D eigenvalue weighted by molar-refractivity contribution is 7.91. The molecule has 1 heterocycles. The molecule has 0 saturated heterocycles. The van der Waals surface area contributed by atoms with Crippen molar-refractivity contribution in [2.45, 2.75) is 37.0 Å². The van der Waals surface area contributed by atoms with E-state index in [0.29, 0.717) is 17.9 Å². The first-order chi connectivity index (χ1) is 9.80. The third kappa shape index (κ3) is 3.74. The fourth-order valence-electron chi connectivity index (χ4n) is 2.85. The molecule has 1 aliphatic rings. The second-order valence-corrected chi connectivity index (χ2v) is 8.20. The maximum atomic E-state index is 12.5. The summed E-state index contributed by atoms with van der Waals surface area (Å²) in [5.74, 6) is -0.271. The molecule has 116 valence electrons. The molecule has 2 rings (SSSR count). The number of sulfone groups is 1. The van der Waals surface area contributed by atoms with Gasteiger partial charge in [0.15, 0.2) is 9.84 Å². The average molecular weight is 331 g/mol. The predicted molar refractivity (Wildman–Crippen MR) is 82.2 cm³/mol. The molecule has 0 spiro atoms. The van der Waals surface area contributed by atoms with Crippen LogP contribution < -0.4 is 0 Å². The van der Waals surface area contributed by atoms with Crippen LogP contribution in [-0.4, -0.2) is 48.8 Å². The summed E-state index contributed by atoms with van der Waals surface area (Å²) in [6.45, 7) is 0. The van der Waals surface area contributed by atoms with Crippen LogP contribution in [0.25, 0.3) is 0 Å². The minimum atomic E-state index is -3.18. The van der Waals surface area contributed by atoms with Crippen LogP contribution in [0.15, 0.2) is 18.3 Å². The minimum Gasteiger partial charge on any atom is -0.336 e. The fraction of sp³-hybridized carbons (Fsp3) is 0.571. The molecule has 0 unspecified atom stereocenters. The molecular formula is C14H19ClN2O3S. The number of pyridine rings is 1. The molecule has 0 radical (unpaired) electrons. The Labute approximate surface area is 130 Å². The van der Waals surface area contributed by atoms with E-state index in [2.05, 4.69) is 4.98 Å². The van der Waals surface area contributed by atoms with Gasteiger partial charge in [0.1, 0.15) is 5.69 Å². The van der Waals surface area contributed by atoms with Crippen molar-refractivity contribution in [3.05, 3.63) is 29.0 Å². The number of carbonyl (C=O) groups is 1. The summed E-state index contributed by atoms with van der Waals surface area (Å²) in [6.07, 6.45) is 5.78. The van der Waals surface area contributed by atoms with Gasteiger partial charge in [-0.05, 0) is 25.0 Å². The molecule has 1 aromatic rings. The van der Waals surface area contributed by atoms with E-state index in [4.69, 9.17) is 11.6 Å². The number of aromatic nitrogens is 1. The zero-order chi connectivity index (χ0) is 15.6. The molecule has 7 heteroatoms. The lowest BCUT2D eigenvalue weighted by Crippen LogP contribution is -2.49. The van der Waals surface area contributed by atoms with E-state index in [1.807, 2.05) is 0 Å². The van der Waals surface area contributed by atoms with E-state index in [-0.39, 0.29) is 17.6 Å². The van der Waals surface area contributed by atoms with Gasteiger partial charge in [-0.3, -0.25) is 4.79 Å². The van der Waals surface area contributed by atoms with Crippen molar-refractivity contribution >= 4 is 27.3 Å². The summed E-state index contributed by atoms with van der Waals surface area (Å²) < 4.78 is 23.9. The van der Waals surface area contributed by atoms with Gasteiger partial charge in [0.05, 0.1) is 10.3 Å². The van der Waals surface area contributed by atoms with Crippen LogP contribution in [0.3, 0.4) is 0 Å². The van der Waals surface area contributed by atoms with Gasteiger partial charge in [0.2, 0.25) is 0 Å². The zero-order valence-electron chi connectivity index (χ0n) is 12.1. The number of halogens is 1. The average Bonchev–Trinajstić information content (AvgIpc) is 2.45. The molecule has 21 heavy (non-hydrogen) atoms. The number of hydrogen-bond acceptors (Lipinski definition) is 4. The predicted octanol–water partition coefficient (Wildman–Crippen LogP) is 2.16. The summed E-state index contributed by atoms with van der Waals surface area (Å²) in [5, 5.41) is -0.0339. The first kappa shape index (κ1) is 16.2. The first-order valence-corrected chi connectivity index (χ1v) is 9.21. The van der Waals surface area contributed by atoms with Crippen LogP contribution in [0.2, 0.25) is 5.02 Å². The van der Waals surface area contributed by atoms with Gasteiger partial charge in [0, 0.05) is 25.5 Å². The Kier molecular flexibility index (Phi) is 4.88. The van der Waals surface area contributed by atoms with Gasteiger partial charge < -0.3 is 4.90 Å². The molecule has 1 aliphatic carbocycles. The van der Waals surface area contributed by atoms with Gasteiger partial charge in [-0.15, -0.1) is 0 Å². The Morgan fingerprint density at radius 1 is 1.33 bits per heavy atom. The zero-order valence-corrected chi connectivity index (χ0v) is 13.7. The van der Waals surface area contributed by atoms with Crippen LogP contribution in [0.5, 0.6) is 0 Å². The number of amides is 1. The third-order valence-electron chi connectivity index (χ3n) is 3.98. The molecule has 0 aliphatic heterocycles. The molecule has 1 saturated carbocycles. The Balaban J connectivity index is 2.22. The van der Waals surface area contributed by atoms with E-state index in [1.54, 1.807) is 19.2 Å². The van der Waals surface area contributed by atoms with Gasteiger partial charge in [-0.2, -0.15) is 0 Å². The Morgan fingerprint density at radius 3 is 2.57 bits per heavy atom. The van der Waals surface area contributed by atoms with Crippen molar-refractivity contribution in [3.63, 3.8) is 0 Å². The van der Waals surface area contributed by atoms with Crippen molar-refractivity contribution in [2.24, 2.45) is 0 Å². The van der Waals surface area contributed by atoms with Crippen LogP contribution in [0.4, 0.5) is 0 Å². The van der Waals surface area contributed by atoms with E-state index in [0.717, 1.165) is 12.8 Å². The second-order valence-electron chi connectivity index (χ2n) is 5.50. The van der Waals surface area contributed by atoms with E-state index in [1.165, 1.54) is 17.4 Å². The summed E-state index contributed by atoms with van der Waals surface area (Å²) in [6, 6.07) is 2.86. The summed E-state index contributed by atoms with van der Waals surface area (Å²) in [4.78, 5) is 18.0. The lowest BCUT2D eigenvalue weighted by atomic mass is 9.93. The van der Waals surface area contributed by atoms with Crippen molar-refractivity contribution < 1.29 is 13.2 Å². The fourth-order valence-corrected chi connectivity index (χ4v) is 4.45. The van der Waals surface area contributed by atoms with Crippen LogP contribution >= 0.6 is 11.6 Å². The smallest absolute Gasteiger partial charge is 0.272 e.